The molecule has 0 aliphatic rings. The highest BCUT2D eigenvalue weighted by Gasteiger charge is 2.13. The fraction of sp³-hybridized carbons (Fsp3) is 0.231. The van der Waals surface area contributed by atoms with E-state index in [2.05, 4.69) is 4.98 Å². The Hall–Kier alpha value is -2.17. The van der Waals surface area contributed by atoms with Gasteiger partial charge in [-0.3, -0.25) is 0 Å². The average Bonchev–Trinajstić information content (AvgIpc) is 2.81. The largest absolute Gasteiger partial charge is 0.460 e. The SMILES string of the molecule is CCOC(=O)c1cnc(Cc2ccc(F)cc2)o1. The maximum absolute atomic E-state index is 12.7. The maximum atomic E-state index is 12.7. The van der Waals surface area contributed by atoms with E-state index in [0.29, 0.717) is 12.3 Å². The first-order valence-electron chi connectivity index (χ1n) is 5.55. The molecular weight excluding hydrogens is 237 g/mol. The monoisotopic (exact) mass is 249 g/mol. The lowest BCUT2D eigenvalue weighted by atomic mass is 10.1. The van der Waals surface area contributed by atoms with Crippen molar-refractivity contribution in [3.05, 3.63) is 53.5 Å². The minimum Gasteiger partial charge on any atom is -0.460 e. The van der Waals surface area contributed by atoms with E-state index < -0.39 is 5.97 Å². The van der Waals surface area contributed by atoms with Gasteiger partial charge >= 0.3 is 5.97 Å². The molecule has 0 radical (unpaired) electrons. The Bertz CT molecular complexity index is 533. The van der Waals surface area contributed by atoms with Gasteiger partial charge in [0, 0.05) is 6.42 Å². The molecule has 0 aliphatic heterocycles. The minimum atomic E-state index is -0.532. The second-order valence-corrected chi connectivity index (χ2v) is 3.64. The third-order valence-electron chi connectivity index (χ3n) is 2.30. The Kier molecular flexibility index (Phi) is 3.72. The lowest BCUT2D eigenvalue weighted by molar-refractivity contribution is 0.0488. The van der Waals surface area contributed by atoms with Gasteiger partial charge in [-0.1, -0.05) is 12.1 Å². The van der Waals surface area contributed by atoms with Crippen LogP contribution in [-0.4, -0.2) is 17.6 Å². The number of hydrogen-bond donors (Lipinski definition) is 0. The molecule has 0 N–H and O–H groups in total. The van der Waals surface area contributed by atoms with Crippen molar-refractivity contribution in [1.82, 2.24) is 4.98 Å². The Morgan fingerprint density at radius 3 is 2.78 bits per heavy atom. The molecule has 0 saturated carbocycles. The summed E-state index contributed by atoms with van der Waals surface area (Å²) in [5.74, 6) is -0.354. The molecule has 0 unspecified atom stereocenters. The van der Waals surface area contributed by atoms with Crippen molar-refractivity contribution in [2.24, 2.45) is 0 Å². The van der Waals surface area contributed by atoms with E-state index >= 15 is 0 Å². The van der Waals surface area contributed by atoms with Gasteiger partial charge in [-0.25, -0.2) is 14.2 Å². The Morgan fingerprint density at radius 2 is 2.11 bits per heavy atom. The number of carbonyl (C=O) groups is 1. The normalized spacial score (nSPS) is 10.3. The molecule has 0 aliphatic carbocycles. The summed E-state index contributed by atoms with van der Waals surface area (Å²) in [6.45, 7) is 2.00. The van der Waals surface area contributed by atoms with Gasteiger partial charge in [0.2, 0.25) is 5.76 Å². The molecule has 1 aromatic heterocycles. The van der Waals surface area contributed by atoms with Crippen LogP contribution < -0.4 is 0 Å². The summed E-state index contributed by atoms with van der Waals surface area (Å²) >= 11 is 0. The Labute approximate surface area is 103 Å². The number of rotatable bonds is 4. The van der Waals surface area contributed by atoms with Crippen LogP contribution in [0.1, 0.15) is 28.9 Å². The van der Waals surface area contributed by atoms with Gasteiger partial charge in [-0.05, 0) is 24.6 Å². The van der Waals surface area contributed by atoms with E-state index in [4.69, 9.17) is 9.15 Å². The van der Waals surface area contributed by atoms with Gasteiger partial charge in [0.25, 0.3) is 0 Å². The van der Waals surface area contributed by atoms with Crippen molar-refractivity contribution in [2.45, 2.75) is 13.3 Å². The summed E-state index contributed by atoms with van der Waals surface area (Å²) in [7, 11) is 0. The summed E-state index contributed by atoms with van der Waals surface area (Å²) in [6, 6.07) is 6.02. The summed E-state index contributed by atoms with van der Waals surface area (Å²) in [5.41, 5.74) is 0.855. The van der Waals surface area contributed by atoms with E-state index in [-0.39, 0.29) is 18.2 Å². The molecule has 4 nitrogen and oxygen atoms in total. The van der Waals surface area contributed by atoms with Gasteiger partial charge in [-0.2, -0.15) is 0 Å². The molecule has 18 heavy (non-hydrogen) atoms. The number of hydrogen-bond acceptors (Lipinski definition) is 4. The van der Waals surface area contributed by atoms with Crippen LogP contribution in [0.5, 0.6) is 0 Å². The molecule has 5 heteroatoms. The molecule has 0 fully saturated rings. The molecular formula is C13H12FNO3. The van der Waals surface area contributed by atoms with Gasteiger partial charge < -0.3 is 9.15 Å². The number of halogens is 1. The van der Waals surface area contributed by atoms with Crippen molar-refractivity contribution in [1.29, 1.82) is 0 Å². The smallest absolute Gasteiger partial charge is 0.375 e. The van der Waals surface area contributed by atoms with Crippen molar-refractivity contribution in [2.75, 3.05) is 6.61 Å². The van der Waals surface area contributed by atoms with Crippen LogP contribution in [0.25, 0.3) is 0 Å². The predicted molar refractivity (Wildman–Crippen MR) is 61.7 cm³/mol. The van der Waals surface area contributed by atoms with E-state index in [9.17, 15) is 9.18 Å². The van der Waals surface area contributed by atoms with E-state index in [1.54, 1.807) is 19.1 Å². The van der Waals surface area contributed by atoms with E-state index in [0.717, 1.165) is 5.56 Å². The number of nitrogens with zero attached hydrogens (tertiary/aromatic N) is 1. The number of ether oxygens (including phenoxy) is 1. The second-order valence-electron chi connectivity index (χ2n) is 3.64. The third kappa shape index (κ3) is 2.94. The molecule has 0 bridgehead atoms. The number of carbonyl (C=O) groups excluding carboxylic acids is 1. The third-order valence-corrected chi connectivity index (χ3v) is 2.30. The van der Waals surface area contributed by atoms with Crippen molar-refractivity contribution in [3.63, 3.8) is 0 Å². The summed E-state index contributed by atoms with van der Waals surface area (Å²) in [6.07, 6.45) is 1.73. The first-order valence-corrected chi connectivity index (χ1v) is 5.55. The van der Waals surface area contributed by atoms with Crippen LogP contribution in [0, 0.1) is 5.82 Å². The molecule has 1 aromatic carbocycles. The zero-order chi connectivity index (χ0) is 13.0. The summed E-state index contributed by atoms with van der Waals surface area (Å²) in [5, 5.41) is 0. The summed E-state index contributed by atoms with van der Waals surface area (Å²) in [4.78, 5) is 15.3. The fourth-order valence-corrected chi connectivity index (χ4v) is 1.47. The standard InChI is InChI=1S/C13H12FNO3/c1-2-17-13(16)11-8-15-12(18-11)7-9-3-5-10(14)6-4-9/h3-6,8H,2,7H2,1H3. The van der Waals surface area contributed by atoms with Crippen LogP contribution in [-0.2, 0) is 11.2 Å². The Balaban J connectivity index is 2.06. The van der Waals surface area contributed by atoms with Gasteiger partial charge in [0.1, 0.15) is 5.82 Å². The highest BCUT2D eigenvalue weighted by Crippen LogP contribution is 2.11. The van der Waals surface area contributed by atoms with Gasteiger partial charge in [0.05, 0.1) is 12.8 Å². The first-order chi connectivity index (χ1) is 8.69. The molecule has 0 amide bonds. The van der Waals surface area contributed by atoms with Crippen LogP contribution in [0.2, 0.25) is 0 Å². The highest BCUT2D eigenvalue weighted by molar-refractivity contribution is 5.85. The molecule has 1 heterocycles. The first kappa shape index (κ1) is 12.3. The molecule has 94 valence electrons. The number of oxazole rings is 1. The van der Waals surface area contributed by atoms with E-state index in [1.807, 2.05) is 0 Å². The fourth-order valence-electron chi connectivity index (χ4n) is 1.47. The molecule has 0 saturated heterocycles. The highest BCUT2D eigenvalue weighted by atomic mass is 19.1. The van der Waals surface area contributed by atoms with Crippen LogP contribution in [0.4, 0.5) is 4.39 Å². The van der Waals surface area contributed by atoms with Crippen molar-refractivity contribution in [3.8, 4) is 0 Å². The molecule has 0 spiro atoms. The number of aromatic nitrogens is 1. The second kappa shape index (κ2) is 5.44. The van der Waals surface area contributed by atoms with E-state index in [1.165, 1.54) is 18.3 Å². The molecule has 0 atom stereocenters. The average molecular weight is 249 g/mol. The van der Waals surface area contributed by atoms with Crippen LogP contribution in [0.3, 0.4) is 0 Å². The lowest BCUT2D eigenvalue weighted by Gasteiger charge is -1.98. The predicted octanol–water partition coefficient (Wildman–Crippen LogP) is 2.58. The quantitative estimate of drug-likeness (QED) is 0.781. The van der Waals surface area contributed by atoms with Crippen LogP contribution >= 0.6 is 0 Å². The van der Waals surface area contributed by atoms with Crippen LogP contribution in [0.15, 0.2) is 34.9 Å². The number of benzene rings is 1. The molecule has 2 aromatic rings. The Morgan fingerprint density at radius 1 is 1.39 bits per heavy atom. The molecule has 2 rings (SSSR count). The summed E-state index contributed by atoms with van der Waals surface area (Å²) < 4.78 is 22.8. The van der Waals surface area contributed by atoms with Gasteiger partial charge in [0.15, 0.2) is 5.89 Å². The minimum absolute atomic E-state index is 0.0777. The lowest BCUT2D eigenvalue weighted by Crippen LogP contribution is -2.02. The van der Waals surface area contributed by atoms with Crippen molar-refractivity contribution >= 4 is 5.97 Å². The topological polar surface area (TPSA) is 52.3 Å². The maximum Gasteiger partial charge on any atom is 0.375 e. The number of esters is 1. The van der Waals surface area contributed by atoms with Crippen molar-refractivity contribution < 1.29 is 18.3 Å². The zero-order valence-corrected chi connectivity index (χ0v) is 9.85. The zero-order valence-electron chi connectivity index (χ0n) is 9.85. The van der Waals surface area contributed by atoms with Gasteiger partial charge in [-0.15, -0.1) is 0 Å².